The molecule has 4 heteroatoms. The summed E-state index contributed by atoms with van der Waals surface area (Å²) < 4.78 is 5.03. The van der Waals surface area contributed by atoms with Crippen LogP contribution in [-0.4, -0.2) is 30.9 Å². The fourth-order valence-electron chi connectivity index (χ4n) is 2.38. The molecule has 1 N–H and O–H groups in total. The first-order chi connectivity index (χ1) is 8.81. The molecule has 0 unspecified atom stereocenters. The lowest BCUT2D eigenvalue weighted by Crippen LogP contribution is -2.49. The molecule has 1 aliphatic heterocycles. The Morgan fingerprint density at radius 3 is 2.94 bits per heavy atom. The second-order valence-corrected chi connectivity index (χ2v) is 5.92. The highest BCUT2D eigenvalue weighted by Crippen LogP contribution is 2.27. The predicted octanol–water partition coefficient (Wildman–Crippen LogP) is 1.78. The summed E-state index contributed by atoms with van der Waals surface area (Å²) in [6.45, 7) is 1.32. The van der Waals surface area contributed by atoms with Crippen LogP contribution in [0.15, 0.2) is 23.1 Å². The van der Waals surface area contributed by atoms with Crippen molar-refractivity contribution in [2.24, 2.45) is 0 Å². The molecule has 0 bridgehead atoms. The average molecular weight is 263 g/mol. The third kappa shape index (κ3) is 2.70. The van der Waals surface area contributed by atoms with E-state index in [4.69, 9.17) is 4.74 Å². The topological polar surface area (TPSA) is 38.3 Å². The molecule has 3 rings (SSSR count). The second kappa shape index (κ2) is 5.33. The third-order valence-electron chi connectivity index (χ3n) is 3.44. The number of nitrogens with one attached hydrogen (secondary N) is 1. The van der Waals surface area contributed by atoms with E-state index in [1.54, 1.807) is 11.8 Å². The zero-order chi connectivity index (χ0) is 12.4. The van der Waals surface area contributed by atoms with E-state index in [-0.39, 0.29) is 11.9 Å². The number of carbonyl (C=O) groups is 1. The molecule has 1 aliphatic carbocycles. The molecule has 0 saturated carbocycles. The molecule has 0 radical (unpaired) electrons. The van der Waals surface area contributed by atoms with Crippen LogP contribution < -0.4 is 5.32 Å². The lowest BCUT2D eigenvalue weighted by molar-refractivity contribution is -0.122. The van der Waals surface area contributed by atoms with E-state index in [9.17, 15) is 4.79 Å². The number of hydrogen-bond acceptors (Lipinski definition) is 3. The normalized spacial score (nSPS) is 18.2. The van der Waals surface area contributed by atoms with Gasteiger partial charge in [-0.25, -0.2) is 0 Å². The van der Waals surface area contributed by atoms with Gasteiger partial charge in [0.15, 0.2) is 0 Å². The molecule has 1 amide bonds. The van der Waals surface area contributed by atoms with Crippen molar-refractivity contribution in [3.05, 3.63) is 29.3 Å². The molecule has 1 aromatic carbocycles. The van der Waals surface area contributed by atoms with Crippen molar-refractivity contribution in [2.45, 2.75) is 30.2 Å². The third-order valence-corrected chi connectivity index (χ3v) is 4.44. The summed E-state index contributed by atoms with van der Waals surface area (Å²) in [5, 5.41) is 2.95. The van der Waals surface area contributed by atoms with E-state index in [1.165, 1.54) is 35.3 Å². The Bertz CT molecular complexity index is 457. The summed E-state index contributed by atoms with van der Waals surface area (Å²) in [5.41, 5.74) is 2.95. The van der Waals surface area contributed by atoms with E-state index >= 15 is 0 Å². The molecule has 2 aliphatic rings. The molecule has 96 valence electrons. The van der Waals surface area contributed by atoms with Gasteiger partial charge in [-0.15, -0.1) is 11.8 Å². The summed E-state index contributed by atoms with van der Waals surface area (Å²) in [5.74, 6) is 0.601. The number of hydrogen-bond donors (Lipinski definition) is 1. The smallest absolute Gasteiger partial charge is 0.230 e. The highest BCUT2D eigenvalue weighted by Gasteiger charge is 2.20. The molecule has 1 heterocycles. The van der Waals surface area contributed by atoms with Gasteiger partial charge in [0.25, 0.3) is 0 Å². The summed E-state index contributed by atoms with van der Waals surface area (Å²) in [6.07, 6.45) is 3.67. The van der Waals surface area contributed by atoms with Gasteiger partial charge in [0.1, 0.15) is 0 Å². The fraction of sp³-hybridized carbons (Fsp3) is 0.500. The fourth-order valence-corrected chi connectivity index (χ4v) is 3.15. The number of thioether (sulfide) groups is 1. The Labute approximate surface area is 111 Å². The van der Waals surface area contributed by atoms with Gasteiger partial charge in [0.2, 0.25) is 5.91 Å². The van der Waals surface area contributed by atoms with Gasteiger partial charge in [-0.1, -0.05) is 6.07 Å². The first kappa shape index (κ1) is 12.1. The van der Waals surface area contributed by atoms with Crippen molar-refractivity contribution in [1.29, 1.82) is 0 Å². The van der Waals surface area contributed by atoms with Gasteiger partial charge in [-0.05, 0) is 42.5 Å². The number of rotatable bonds is 4. The number of fused-ring (bicyclic) bond motifs is 1. The van der Waals surface area contributed by atoms with Crippen molar-refractivity contribution in [3.63, 3.8) is 0 Å². The monoisotopic (exact) mass is 263 g/mol. The maximum absolute atomic E-state index is 11.7. The van der Waals surface area contributed by atoms with Crippen LogP contribution in [0.1, 0.15) is 17.5 Å². The standard InChI is InChI=1S/C14H17NO2S/c16-14(15-12-7-17-8-12)9-18-13-5-4-10-2-1-3-11(10)6-13/h4-6,12H,1-3,7-9H2,(H,15,16). The molecule has 0 spiro atoms. The highest BCUT2D eigenvalue weighted by atomic mass is 32.2. The van der Waals surface area contributed by atoms with Crippen LogP contribution in [-0.2, 0) is 22.4 Å². The van der Waals surface area contributed by atoms with E-state index in [0.29, 0.717) is 19.0 Å². The van der Waals surface area contributed by atoms with Gasteiger partial charge >= 0.3 is 0 Å². The van der Waals surface area contributed by atoms with Gasteiger partial charge < -0.3 is 10.1 Å². The minimum absolute atomic E-state index is 0.105. The Balaban J connectivity index is 1.51. The van der Waals surface area contributed by atoms with E-state index in [2.05, 4.69) is 23.5 Å². The first-order valence-corrected chi connectivity index (χ1v) is 7.41. The summed E-state index contributed by atoms with van der Waals surface area (Å²) in [6, 6.07) is 6.82. The Hall–Kier alpha value is -1.00. The lowest BCUT2D eigenvalue weighted by atomic mass is 10.1. The molecule has 0 aromatic heterocycles. The van der Waals surface area contributed by atoms with Crippen molar-refractivity contribution < 1.29 is 9.53 Å². The SMILES string of the molecule is O=C(CSc1ccc2c(c1)CCC2)NC1COC1. The number of aryl methyl sites for hydroxylation is 2. The number of amides is 1. The number of carbonyl (C=O) groups excluding carboxylic acids is 1. The zero-order valence-electron chi connectivity index (χ0n) is 10.3. The molecule has 3 nitrogen and oxygen atoms in total. The molecular weight excluding hydrogens is 246 g/mol. The zero-order valence-corrected chi connectivity index (χ0v) is 11.1. The van der Waals surface area contributed by atoms with Crippen molar-refractivity contribution in [2.75, 3.05) is 19.0 Å². The van der Waals surface area contributed by atoms with Gasteiger partial charge in [0, 0.05) is 4.90 Å². The van der Waals surface area contributed by atoms with Crippen LogP contribution in [0.4, 0.5) is 0 Å². The van der Waals surface area contributed by atoms with Crippen LogP contribution in [0.25, 0.3) is 0 Å². The van der Waals surface area contributed by atoms with Gasteiger partial charge in [-0.2, -0.15) is 0 Å². The first-order valence-electron chi connectivity index (χ1n) is 6.43. The van der Waals surface area contributed by atoms with Crippen molar-refractivity contribution >= 4 is 17.7 Å². The second-order valence-electron chi connectivity index (χ2n) is 4.87. The Kier molecular flexibility index (Phi) is 3.57. The van der Waals surface area contributed by atoms with Crippen LogP contribution in [0.2, 0.25) is 0 Å². The molecule has 1 aromatic rings. The molecule has 18 heavy (non-hydrogen) atoms. The molecule has 1 fully saturated rings. The van der Waals surface area contributed by atoms with E-state index in [1.807, 2.05) is 0 Å². The number of ether oxygens (including phenoxy) is 1. The predicted molar refractivity (Wildman–Crippen MR) is 71.9 cm³/mol. The number of benzene rings is 1. The molecule has 0 atom stereocenters. The summed E-state index contributed by atoms with van der Waals surface area (Å²) >= 11 is 1.62. The minimum atomic E-state index is 0.105. The molecular formula is C14H17NO2S. The van der Waals surface area contributed by atoms with Crippen LogP contribution in [0.5, 0.6) is 0 Å². The van der Waals surface area contributed by atoms with Gasteiger partial charge in [0.05, 0.1) is 25.0 Å². The average Bonchev–Trinajstić information content (AvgIpc) is 2.78. The van der Waals surface area contributed by atoms with Crippen LogP contribution in [0, 0.1) is 0 Å². The molecule has 1 saturated heterocycles. The largest absolute Gasteiger partial charge is 0.377 e. The van der Waals surface area contributed by atoms with Gasteiger partial charge in [-0.3, -0.25) is 4.79 Å². The lowest BCUT2D eigenvalue weighted by Gasteiger charge is -2.26. The quantitative estimate of drug-likeness (QED) is 0.842. The summed E-state index contributed by atoms with van der Waals surface area (Å²) in [4.78, 5) is 12.9. The maximum atomic E-state index is 11.7. The highest BCUT2D eigenvalue weighted by molar-refractivity contribution is 8.00. The van der Waals surface area contributed by atoms with Crippen LogP contribution >= 0.6 is 11.8 Å². The van der Waals surface area contributed by atoms with Crippen LogP contribution in [0.3, 0.4) is 0 Å². The Morgan fingerprint density at radius 2 is 2.17 bits per heavy atom. The summed E-state index contributed by atoms with van der Waals surface area (Å²) in [7, 11) is 0. The Morgan fingerprint density at radius 1 is 1.33 bits per heavy atom. The van der Waals surface area contributed by atoms with E-state index in [0.717, 1.165) is 0 Å². The minimum Gasteiger partial charge on any atom is -0.377 e. The van der Waals surface area contributed by atoms with Crippen molar-refractivity contribution in [3.8, 4) is 0 Å². The maximum Gasteiger partial charge on any atom is 0.230 e. The van der Waals surface area contributed by atoms with Crippen molar-refractivity contribution in [1.82, 2.24) is 5.32 Å². The van der Waals surface area contributed by atoms with E-state index < -0.39 is 0 Å².